The van der Waals surface area contributed by atoms with E-state index in [4.69, 9.17) is 4.42 Å². The molecule has 1 aliphatic rings. The van der Waals surface area contributed by atoms with Gasteiger partial charge in [0.1, 0.15) is 16.2 Å². The van der Waals surface area contributed by atoms with Crippen LogP contribution in [0, 0.1) is 11.6 Å². The van der Waals surface area contributed by atoms with Crippen molar-refractivity contribution in [3.63, 3.8) is 0 Å². The third-order valence-corrected chi connectivity index (χ3v) is 5.97. The summed E-state index contributed by atoms with van der Waals surface area (Å²) in [5.41, 5.74) is 1.49. The first-order chi connectivity index (χ1) is 11.5. The van der Waals surface area contributed by atoms with Crippen molar-refractivity contribution >= 4 is 20.8 Å². The van der Waals surface area contributed by atoms with E-state index in [1.165, 1.54) is 18.2 Å². The summed E-state index contributed by atoms with van der Waals surface area (Å²) < 4.78 is 58.3. The minimum Gasteiger partial charge on any atom is -0.459 e. The maximum Gasteiger partial charge on any atom is 0.209 e. The second kappa shape index (κ2) is 5.39. The van der Waals surface area contributed by atoms with E-state index in [0.29, 0.717) is 12.1 Å². The number of nitrogens with one attached hydrogen (secondary N) is 1. The van der Waals surface area contributed by atoms with Crippen LogP contribution in [0.15, 0.2) is 50.6 Å². The van der Waals surface area contributed by atoms with E-state index in [2.05, 4.69) is 5.32 Å². The van der Waals surface area contributed by atoms with Gasteiger partial charge in [0.2, 0.25) is 9.84 Å². The van der Waals surface area contributed by atoms with Crippen LogP contribution in [0.3, 0.4) is 0 Å². The van der Waals surface area contributed by atoms with Crippen molar-refractivity contribution in [2.45, 2.75) is 22.8 Å². The zero-order valence-corrected chi connectivity index (χ0v) is 13.3. The standard InChI is InChI=1S/C17H13F2NO3S/c18-13-2-1-3-16(17(13)19)24(21,22)10-4-5-11-12-6-7-20-9-15(12)23-14(11)8-10/h1-5,8,20H,6-7,9H2. The molecule has 4 nitrogen and oxygen atoms in total. The van der Waals surface area contributed by atoms with E-state index in [1.54, 1.807) is 6.07 Å². The summed E-state index contributed by atoms with van der Waals surface area (Å²) in [6.07, 6.45) is 0.799. The Bertz CT molecular complexity index is 1060. The molecule has 24 heavy (non-hydrogen) atoms. The van der Waals surface area contributed by atoms with Crippen LogP contribution >= 0.6 is 0 Å². The maximum atomic E-state index is 13.9. The highest BCUT2D eigenvalue weighted by Gasteiger charge is 2.25. The van der Waals surface area contributed by atoms with E-state index in [9.17, 15) is 17.2 Å². The molecule has 0 saturated heterocycles. The Morgan fingerprint density at radius 1 is 1.12 bits per heavy atom. The van der Waals surface area contributed by atoms with Crippen molar-refractivity contribution in [2.75, 3.05) is 6.54 Å². The lowest BCUT2D eigenvalue weighted by molar-refractivity contribution is 0.484. The van der Waals surface area contributed by atoms with Gasteiger partial charge in [-0.15, -0.1) is 0 Å². The summed E-state index contributed by atoms with van der Waals surface area (Å²) >= 11 is 0. The van der Waals surface area contributed by atoms with Gasteiger partial charge in [0.15, 0.2) is 11.6 Å². The summed E-state index contributed by atoms with van der Waals surface area (Å²) in [4.78, 5) is -0.807. The van der Waals surface area contributed by atoms with Crippen molar-refractivity contribution < 1.29 is 21.6 Å². The quantitative estimate of drug-likeness (QED) is 0.772. The van der Waals surface area contributed by atoms with Crippen LogP contribution in [-0.4, -0.2) is 15.0 Å². The molecule has 0 aliphatic carbocycles. The molecule has 124 valence electrons. The highest BCUT2D eigenvalue weighted by Crippen LogP contribution is 2.32. The van der Waals surface area contributed by atoms with Gasteiger partial charge in [-0.1, -0.05) is 6.07 Å². The minimum atomic E-state index is -4.18. The van der Waals surface area contributed by atoms with Crippen LogP contribution in [0.2, 0.25) is 0 Å². The van der Waals surface area contributed by atoms with Gasteiger partial charge in [0.05, 0.1) is 11.4 Å². The van der Waals surface area contributed by atoms with Crippen LogP contribution in [0.4, 0.5) is 8.78 Å². The van der Waals surface area contributed by atoms with Crippen molar-refractivity contribution in [3.05, 3.63) is 59.4 Å². The summed E-state index contributed by atoms with van der Waals surface area (Å²) in [5.74, 6) is -1.79. The average Bonchev–Trinajstić information content (AvgIpc) is 2.95. The first-order valence-electron chi connectivity index (χ1n) is 7.42. The molecule has 0 amide bonds. The first kappa shape index (κ1) is 15.3. The second-order valence-corrected chi connectivity index (χ2v) is 7.56. The fraction of sp³-hybridized carbons (Fsp3) is 0.176. The number of fused-ring (bicyclic) bond motifs is 3. The van der Waals surface area contributed by atoms with Gasteiger partial charge in [-0.05, 0) is 37.2 Å². The van der Waals surface area contributed by atoms with Gasteiger partial charge in [-0.25, -0.2) is 17.2 Å². The molecule has 2 heterocycles. The lowest BCUT2D eigenvalue weighted by Gasteiger charge is -2.10. The Balaban J connectivity index is 1.88. The Morgan fingerprint density at radius 2 is 1.96 bits per heavy atom. The molecule has 1 N–H and O–H groups in total. The molecule has 1 aromatic heterocycles. The number of rotatable bonds is 2. The highest BCUT2D eigenvalue weighted by atomic mass is 32.2. The number of furan rings is 1. The SMILES string of the molecule is O=S(=O)(c1ccc2c3c(oc2c1)CNCC3)c1cccc(F)c1F. The molecule has 1 aliphatic heterocycles. The summed E-state index contributed by atoms with van der Waals surface area (Å²) in [6, 6.07) is 7.53. The molecule has 0 unspecified atom stereocenters. The Kier molecular flexibility index (Phi) is 3.43. The minimum absolute atomic E-state index is 0.126. The second-order valence-electron chi connectivity index (χ2n) is 5.64. The van der Waals surface area contributed by atoms with Crippen LogP contribution in [-0.2, 0) is 22.8 Å². The number of sulfone groups is 1. The lowest BCUT2D eigenvalue weighted by atomic mass is 10.1. The molecule has 0 radical (unpaired) electrons. The topological polar surface area (TPSA) is 59.3 Å². The van der Waals surface area contributed by atoms with Gasteiger partial charge < -0.3 is 9.73 Å². The molecule has 2 aromatic carbocycles. The van der Waals surface area contributed by atoms with Gasteiger partial charge in [0, 0.05) is 17.0 Å². The number of benzene rings is 2. The molecular weight excluding hydrogens is 336 g/mol. The Morgan fingerprint density at radius 3 is 2.79 bits per heavy atom. The molecule has 0 bridgehead atoms. The van der Waals surface area contributed by atoms with Gasteiger partial charge in [-0.2, -0.15) is 0 Å². The fourth-order valence-electron chi connectivity index (χ4n) is 3.00. The summed E-state index contributed by atoms with van der Waals surface area (Å²) in [6.45, 7) is 1.42. The smallest absolute Gasteiger partial charge is 0.209 e. The molecule has 4 rings (SSSR count). The van der Waals surface area contributed by atoms with Crippen molar-refractivity contribution in [1.29, 1.82) is 0 Å². The van der Waals surface area contributed by atoms with Gasteiger partial charge in [-0.3, -0.25) is 0 Å². The molecule has 7 heteroatoms. The molecule has 0 spiro atoms. The third kappa shape index (κ3) is 2.23. The fourth-order valence-corrected chi connectivity index (χ4v) is 4.35. The number of halogens is 2. The highest BCUT2D eigenvalue weighted by molar-refractivity contribution is 7.91. The average molecular weight is 349 g/mol. The van der Waals surface area contributed by atoms with Crippen molar-refractivity contribution in [1.82, 2.24) is 5.32 Å². The maximum absolute atomic E-state index is 13.9. The van der Waals surface area contributed by atoms with Crippen LogP contribution in [0.5, 0.6) is 0 Å². The monoisotopic (exact) mass is 349 g/mol. The predicted octanol–water partition coefficient (Wildman–Crippen LogP) is 3.19. The third-order valence-electron chi connectivity index (χ3n) is 4.20. The number of hydrogen-bond acceptors (Lipinski definition) is 4. The predicted molar refractivity (Wildman–Crippen MR) is 83.4 cm³/mol. The zero-order chi connectivity index (χ0) is 16.9. The van der Waals surface area contributed by atoms with Crippen molar-refractivity contribution in [2.24, 2.45) is 0 Å². The molecule has 0 fully saturated rings. The van der Waals surface area contributed by atoms with Gasteiger partial charge >= 0.3 is 0 Å². The van der Waals surface area contributed by atoms with E-state index in [1.807, 2.05) is 0 Å². The van der Waals surface area contributed by atoms with E-state index in [-0.39, 0.29) is 4.90 Å². The summed E-state index contributed by atoms with van der Waals surface area (Å²) in [7, 11) is -4.18. The van der Waals surface area contributed by atoms with Crippen LogP contribution in [0.1, 0.15) is 11.3 Å². The van der Waals surface area contributed by atoms with E-state index in [0.717, 1.165) is 41.8 Å². The van der Waals surface area contributed by atoms with Gasteiger partial charge in [0.25, 0.3) is 0 Å². The van der Waals surface area contributed by atoms with E-state index >= 15 is 0 Å². The first-order valence-corrected chi connectivity index (χ1v) is 8.91. The normalized spacial score (nSPS) is 14.8. The largest absolute Gasteiger partial charge is 0.459 e. The Hall–Kier alpha value is -2.25. The Labute approximate surface area is 137 Å². The molecule has 0 atom stereocenters. The molecular formula is C17H13F2NO3S. The van der Waals surface area contributed by atoms with Crippen molar-refractivity contribution in [3.8, 4) is 0 Å². The molecule has 3 aromatic rings. The van der Waals surface area contributed by atoms with Crippen LogP contribution < -0.4 is 5.32 Å². The molecule has 0 saturated carbocycles. The summed E-state index contributed by atoms with van der Waals surface area (Å²) in [5, 5.41) is 4.04. The number of hydrogen-bond donors (Lipinski definition) is 1. The lowest BCUT2D eigenvalue weighted by Crippen LogP contribution is -2.22. The van der Waals surface area contributed by atoms with Crippen LogP contribution in [0.25, 0.3) is 11.0 Å². The van der Waals surface area contributed by atoms with E-state index < -0.39 is 26.4 Å². The zero-order valence-electron chi connectivity index (χ0n) is 12.5.